The lowest BCUT2D eigenvalue weighted by Crippen LogP contribution is -2.25. The second-order valence-electron chi connectivity index (χ2n) is 6.15. The molecule has 0 spiro atoms. The molecule has 0 bridgehead atoms. The molecule has 0 unspecified atom stereocenters. The number of hydrogen-bond donors (Lipinski definition) is 2. The first-order valence-corrected chi connectivity index (χ1v) is 8.86. The van der Waals surface area contributed by atoms with E-state index >= 15 is 0 Å². The van der Waals surface area contributed by atoms with E-state index in [0.29, 0.717) is 56.6 Å². The van der Waals surface area contributed by atoms with Gasteiger partial charge in [-0.25, -0.2) is 0 Å². The summed E-state index contributed by atoms with van der Waals surface area (Å²) in [5.74, 6) is 0.165. The predicted molar refractivity (Wildman–Crippen MR) is 98.8 cm³/mol. The van der Waals surface area contributed by atoms with Crippen LogP contribution in [0.1, 0.15) is 44.0 Å². The molecule has 0 aliphatic heterocycles. The molecular formula is C19H30N2O4. The van der Waals surface area contributed by atoms with Gasteiger partial charge in [-0.2, -0.15) is 0 Å². The number of carbonyl (C=O) groups is 2. The van der Waals surface area contributed by atoms with Crippen molar-refractivity contribution in [2.45, 2.75) is 33.6 Å². The Morgan fingerprint density at radius 3 is 2.68 bits per heavy atom. The molecule has 1 aromatic rings. The maximum atomic E-state index is 12.1. The largest absolute Gasteiger partial charge is 0.382 e. The molecule has 0 aromatic heterocycles. The van der Waals surface area contributed by atoms with Crippen molar-refractivity contribution in [2.24, 2.45) is 5.92 Å². The van der Waals surface area contributed by atoms with Gasteiger partial charge in [-0.1, -0.05) is 19.9 Å². The van der Waals surface area contributed by atoms with E-state index in [4.69, 9.17) is 9.47 Å². The summed E-state index contributed by atoms with van der Waals surface area (Å²) in [5, 5.41) is 5.63. The third-order valence-corrected chi connectivity index (χ3v) is 3.29. The minimum atomic E-state index is -0.159. The van der Waals surface area contributed by atoms with Crippen LogP contribution in [0, 0.1) is 5.92 Å². The highest BCUT2D eigenvalue weighted by Crippen LogP contribution is 2.11. The molecule has 2 N–H and O–H groups in total. The number of rotatable bonds is 12. The van der Waals surface area contributed by atoms with Crippen molar-refractivity contribution in [3.8, 4) is 0 Å². The summed E-state index contributed by atoms with van der Waals surface area (Å²) in [6.45, 7) is 8.97. The molecule has 0 aliphatic carbocycles. The van der Waals surface area contributed by atoms with E-state index in [-0.39, 0.29) is 11.8 Å². The topological polar surface area (TPSA) is 76.7 Å². The fourth-order valence-electron chi connectivity index (χ4n) is 2.07. The van der Waals surface area contributed by atoms with Crippen LogP contribution in [-0.4, -0.2) is 44.8 Å². The summed E-state index contributed by atoms with van der Waals surface area (Å²) in [6, 6.07) is 6.91. The molecule has 0 radical (unpaired) electrons. The fourth-order valence-corrected chi connectivity index (χ4v) is 2.07. The minimum absolute atomic E-state index is 0.127. The molecule has 0 atom stereocenters. The molecule has 25 heavy (non-hydrogen) atoms. The monoisotopic (exact) mass is 350 g/mol. The van der Waals surface area contributed by atoms with E-state index < -0.39 is 0 Å². The molecular weight excluding hydrogens is 320 g/mol. The van der Waals surface area contributed by atoms with Gasteiger partial charge in [0.05, 0.1) is 13.0 Å². The van der Waals surface area contributed by atoms with Crippen LogP contribution < -0.4 is 10.6 Å². The smallest absolute Gasteiger partial charge is 0.251 e. The molecule has 140 valence electrons. The molecule has 0 saturated heterocycles. The number of ether oxygens (including phenoxy) is 2. The lowest BCUT2D eigenvalue weighted by atomic mass is 10.2. The Kier molecular flexibility index (Phi) is 10.5. The van der Waals surface area contributed by atoms with Crippen molar-refractivity contribution in [1.82, 2.24) is 5.32 Å². The zero-order valence-electron chi connectivity index (χ0n) is 15.5. The van der Waals surface area contributed by atoms with Crippen LogP contribution in [0.5, 0.6) is 0 Å². The third kappa shape index (κ3) is 9.84. The summed E-state index contributed by atoms with van der Waals surface area (Å²) < 4.78 is 10.6. The highest BCUT2D eigenvalue weighted by Gasteiger charge is 2.08. The predicted octanol–water partition coefficient (Wildman–Crippen LogP) is 2.84. The van der Waals surface area contributed by atoms with Crippen LogP contribution in [0.25, 0.3) is 0 Å². The van der Waals surface area contributed by atoms with E-state index in [1.54, 1.807) is 24.3 Å². The lowest BCUT2D eigenvalue weighted by molar-refractivity contribution is -0.117. The van der Waals surface area contributed by atoms with Gasteiger partial charge < -0.3 is 20.1 Å². The average Bonchev–Trinajstić information content (AvgIpc) is 2.58. The fraction of sp³-hybridized carbons (Fsp3) is 0.579. The SMILES string of the molecule is CCOCCCNC(=O)c1cccc(NC(=O)CCOCC(C)C)c1. The summed E-state index contributed by atoms with van der Waals surface area (Å²) in [6.07, 6.45) is 1.06. The van der Waals surface area contributed by atoms with Gasteiger partial charge in [0.25, 0.3) is 5.91 Å². The normalized spacial score (nSPS) is 10.7. The van der Waals surface area contributed by atoms with Crippen LogP contribution in [0.4, 0.5) is 5.69 Å². The molecule has 0 heterocycles. The van der Waals surface area contributed by atoms with E-state index in [2.05, 4.69) is 24.5 Å². The number of benzene rings is 1. The number of anilines is 1. The number of nitrogens with one attached hydrogen (secondary N) is 2. The van der Waals surface area contributed by atoms with Crippen molar-refractivity contribution in [3.05, 3.63) is 29.8 Å². The maximum Gasteiger partial charge on any atom is 0.251 e. The van der Waals surface area contributed by atoms with Crippen LogP contribution in [0.3, 0.4) is 0 Å². The number of hydrogen-bond acceptors (Lipinski definition) is 4. The number of carbonyl (C=O) groups excluding carboxylic acids is 2. The molecule has 0 aliphatic rings. The summed E-state index contributed by atoms with van der Waals surface area (Å²) in [7, 11) is 0. The van der Waals surface area contributed by atoms with Gasteiger partial charge in [0.2, 0.25) is 5.91 Å². The van der Waals surface area contributed by atoms with Crippen LogP contribution in [0.15, 0.2) is 24.3 Å². The van der Waals surface area contributed by atoms with Gasteiger partial charge in [-0.3, -0.25) is 9.59 Å². The molecule has 6 heteroatoms. The van der Waals surface area contributed by atoms with Gasteiger partial charge in [0.1, 0.15) is 0 Å². The van der Waals surface area contributed by atoms with Gasteiger partial charge in [-0.05, 0) is 37.5 Å². The standard InChI is InChI=1S/C19H30N2O4/c1-4-24-11-6-10-20-19(23)16-7-5-8-17(13-16)21-18(22)9-12-25-14-15(2)3/h5,7-8,13,15H,4,6,9-12,14H2,1-3H3,(H,20,23)(H,21,22). The van der Waals surface area contributed by atoms with Crippen molar-refractivity contribution in [1.29, 1.82) is 0 Å². The van der Waals surface area contributed by atoms with E-state index in [0.717, 1.165) is 6.42 Å². The molecule has 2 amide bonds. The maximum absolute atomic E-state index is 12.1. The first-order valence-electron chi connectivity index (χ1n) is 8.86. The first-order chi connectivity index (χ1) is 12.0. The summed E-state index contributed by atoms with van der Waals surface area (Å²) >= 11 is 0. The third-order valence-electron chi connectivity index (χ3n) is 3.29. The van der Waals surface area contributed by atoms with Crippen LogP contribution in [0.2, 0.25) is 0 Å². The van der Waals surface area contributed by atoms with Crippen LogP contribution in [-0.2, 0) is 14.3 Å². The Morgan fingerprint density at radius 2 is 1.96 bits per heavy atom. The van der Waals surface area contributed by atoms with Crippen LogP contribution >= 0.6 is 0 Å². The Balaban J connectivity index is 2.38. The summed E-state index contributed by atoms with van der Waals surface area (Å²) in [5.41, 5.74) is 1.13. The Bertz CT molecular complexity index is 532. The highest BCUT2D eigenvalue weighted by molar-refractivity contribution is 5.97. The highest BCUT2D eigenvalue weighted by atomic mass is 16.5. The van der Waals surface area contributed by atoms with Crippen molar-refractivity contribution in [2.75, 3.05) is 38.3 Å². The van der Waals surface area contributed by atoms with Gasteiger partial charge in [0, 0.05) is 37.6 Å². The van der Waals surface area contributed by atoms with Crippen molar-refractivity contribution >= 4 is 17.5 Å². The zero-order chi connectivity index (χ0) is 18.5. The van der Waals surface area contributed by atoms with E-state index in [1.165, 1.54) is 0 Å². The van der Waals surface area contributed by atoms with Crippen molar-refractivity contribution in [3.63, 3.8) is 0 Å². The lowest BCUT2D eigenvalue weighted by Gasteiger charge is -2.09. The second-order valence-corrected chi connectivity index (χ2v) is 6.15. The van der Waals surface area contributed by atoms with Gasteiger partial charge >= 0.3 is 0 Å². The molecule has 0 fully saturated rings. The Labute approximate surface area is 150 Å². The molecule has 6 nitrogen and oxygen atoms in total. The van der Waals surface area contributed by atoms with E-state index in [1.807, 2.05) is 6.92 Å². The van der Waals surface area contributed by atoms with Crippen molar-refractivity contribution < 1.29 is 19.1 Å². The Morgan fingerprint density at radius 1 is 1.16 bits per heavy atom. The first kappa shape index (κ1) is 21.1. The van der Waals surface area contributed by atoms with Gasteiger partial charge in [0.15, 0.2) is 0 Å². The minimum Gasteiger partial charge on any atom is -0.382 e. The molecule has 1 aromatic carbocycles. The van der Waals surface area contributed by atoms with E-state index in [9.17, 15) is 9.59 Å². The molecule has 0 saturated carbocycles. The quantitative estimate of drug-likeness (QED) is 0.568. The number of amides is 2. The van der Waals surface area contributed by atoms with Gasteiger partial charge in [-0.15, -0.1) is 0 Å². The molecule has 1 rings (SSSR count). The second kappa shape index (κ2) is 12.4. The Hall–Kier alpha value is -1.92. The summed E-state index contributed by atoms with van der Waals surface area (Å²) in [4.78, 5) is 24.0. The average molecular weight is 350 g/mol. The zero-order valence-corrected chi connectivity index (χ0v) is 15.5.